The zero-order valence-corrected chi connectivity index (χ0v) is 12.4. The van der Waals surface area contributed by atoms with Crippen LogP contribution in [0.2, 0.25) is 0 Å². The third kappa shape index (κ3) is 3.19. The van der Waals surface area contributed by atoms with Crippen LogP contribution in [0.3, 0.4) is 0 Å². The summed E-state index contributed by atoms with van der Waals surface area (Å²) >= 11 is 0. The quantitative estimate of drug-likeness (QED) is 0.811. The Kier molecular flexibility index (Phi) is 4.34. The molecule has 20 heavy (non-hydrogen) atoms. The highest BCUT2D eigenvalue weighted by atomic mass is 16.5. The molecule has 0 bridgehead atoms. The third-order valence-corrected chi connectivity index (χ3v) is 4.54. The van der Waals surface area contributed by atoms with Crippen molar-refractivity contribution < 1.29 is 9.64 Å². The minimum atomic E-state index is 0.453. The van der Waals surface area contributed by atoms with Crippen molar-refractivity contribution in [3.05, 3.63) is 36.1 Å². The number of pyridine rings is 1. The lowest BCUT2D eigenvalue weighted by atomic mass is 10.0. The van der Waals surface area contributed by atoms with E-state index in [0.29, 0.717) is 6.10 Å². The number of hydrogen-bond donors (Lipinski definition) is 1. The van der Waals surface area contributed by atoms with Gasteiger partial charge in [0.1, 0.15) is 0 Å². The van der Waals surface area contributed by atoms with E-state index in [4.69, 9.17) is 9.72 Å². The molecule has 1 aromatic rings. The van der Waals surface area contributed by atoms with Crippen LogP contribution in [0, 0.1) is 7.05 Å². The Morgan fingerprint density at radius 3 is 2.95 bits per heavy atom. The lowest BCUT2D eigenvalue weighted by Gasteiger charge is -2.31. The zero-order valence-electron chi connectivity index (χ0n) is 12.4. The Morgan fingerprint density at radius 1 is 1.40 bits per heavy atom. The summed E-state index contributed by atoms with van der Waals surface area (Å²) < 4.78 is 5.42. The Morgan fingerprint density at radius 2 is 2.20 bits per heavy atom. The van der Waals surface area contributed by atoms with Crippen LogP contribution in [0.5, 0.6) is 0 Å². The van der Waals surface area contributed by atoms with Crippen LogP contribution in [-0.4, -0.2) is 42.7 Å². The number of fused-ring (bicyclic) bond motifs is 1. The Hall–Kier alpha value is -0.970. The van der Waals surface area contributed by atoms with Crippen molar-refractivity contribution in [2.24, 2.45) is 0 Å². The molecule has 2 aliphatic heterocycles. The SMILES string of the molecule is [CH2-][NH+]1CCc2nc(CN3CCC(OC)CC3)ccc2C1. The number of hydrogen-bond acceptors (Lipinski definition) is 3. The number of methoxy groups -OCH3 is 1. The molecule has 1 unspecified atom stereocenters. The van der Waals surface area contributed by atoms with Crippen molar-refractivity contribution >= 4 is 0 Å². The number of rotatable bonds is 3. The molecule has 4 heteroatoms. The number of aromatic nitrogens is 1. The molecule has 3 rings (SSSR count). The molecule has 1 fully saturated rings. The van der Waals surface area contributed by atoms with E-state index in [0.717, 1.165) is 52.0 Å². The second-order valence-electron chi connectivity index (χ2n) is 6.05. The zero-order chi connectivity index (χ0) is 13.9. The van der Waals surface area contributed by atoms with Crippen LogP contribution in [0.25, 0.3) is 0 Å². The first kappa shape index (κ1) is 14.0. The minimum Gasteiger partial charge on any atom is -0.464 e. The number of piperidine rings is 1. The lowest BCUT2D eigenvalue weighted by Crippen LogP contribution is -3.06. The van der Waals surface area contributed by atoms with Gasteiger partial charge in [-0.25, -0.2) is 0 Å². The molecule has 1 saturated heterocycles. The van der Waals surface area contributed by atoms with Crippen LogP contribution in [0.1, 0.15) is 29.8 Å². The van der Waals surface area contributed by atoms with Gasteiger partial charge in [0.05, 0.1) is 30.6 Å². The van der Waals surface area contributed by atoms with Gasteiger partial charge in [0.15, 0.2) is 0 Å². The van der Waals surface area contributed by atoms with E-state index in [1.807, 2.05) is 7.11 Å². The molecular weight excluding hydrogens is 250 g/mol. The average molecular weight is 275 g/mol. The summed E-state index contributed by atoms with van der Waals surface area (Å²) in [6, 6.07) is 4.45. The monoisotopic (exact) mass is 275 g/mol. The normalized spacial score (nSPS) is 24.6. The number of likely N-dealkylation sites (tertiary alicyclic amines) is 1. The van der Waals surface area contributed by atoms with Gasteiger partial charge in [0, 0.05) is 38.7 Å². The molecule has 0 aromatic carbocycles. The van der Waals surface area contributed by atoms with Gasteiger partial charge in [-0.3, -0.25) is 9.88 Å². The molecule has 3 heterocycles. The maximum atomic E-state index is 5.42. The van der Waals surface area contributed by atoms with Crippen molar-refractivity contribution in [2.75, 3.05) is 26.7 Å². The molecule has 0 saturated carbocycles. The maximum Gasteiger partial charge on any atom is 0.0806 e. The lowest BCUT2D eigenvalue weighted by molar-refractivity contribution is -0.870. The van der Waals surface area contributed by atoms with Crippen molar-refractivity contribution in [3.63, 3.8) is 0 Å². The van der Waals surface area contributed by atoms with Gasteiger partial charge in [-0.2, -0.15) is 7.05 Å². The summed E-state index contributed by atoms with van der Waals surface area (Å²) in [4.78, 5) is 8.70. The van der Waals surface area contributed by atoms with Gasteiger partial charge < -0.3 is 9.64 Å². The summed E-state index contributed by atoms with van der Waals surface area (Å²) in [5.74, 6) is 0. The van der Waals surface area contributed by atoms with Crippen molar-refractivity contribution in [3.8, 4) is 0 Å². The molecule has 0 spiro atoms. The van der Waals surface area contributed by atoms with Gasteiger partial charge >= 0.3 is 0 Å². The molecule has 110 valence electrons. The van der Waals surface area contributed by atoms with Gasteiger partial charge in [-0.1, -0.05) is 0 Å². The fourth-order valence-electron chi connectivity index (χ4n) is 3.23. The van der Waals surface area contributed by atoms with Crippen molar-refractivity contribution in [1.82, 2.24) is 9.88 Å². The number of nitrogens with zero attached hydrogens (tertiary/aromatic N) is 2. The topological polar surface area (TPSA) is 29.8 Å². The van der Waals surface area contributed by atoms with Gasteiger partial charge in [-0.15, -0.1) is 0 Å². The number of ether oxygens (including phenoxy) is 1. The summed E-state index contributed by atoms with van der Waals surface area (Å²) in [5.41, 5.74) is 3.89. The smallest absolute Gasteiger partial charge is 0.0806 e. The highest BCUT2D eigenvalue weighted by Crippen LogP contribution is 2.16. The van der Waals surface area contributed by atoms with Crippen molar-refractivity contribution in [2.45, 2.75) is 38.5 Å². The standard InChI is InChI=1S/C16H25N3O/c1-18-8-7-16-13(11-18)3-4-14(17-16)12-19-9-5-15(20-2)6-10-19/h3-4,15,18H,1,5-12H2,2H3. The minimum absolute atomic E-state index is 0.453. The molecule has 1 atom stereocenters. The maximum absolute atomic E-state index is 5.42. The molecule has 0 radical (unpaired) electrons. The Bertz CT molecular complexity index is 455. The summed E-state index contributed by atoms with van der Waals surface area (Å²) in [5, 5.41) is 0. The first-order valence-electron chi connectivity index (χ1n) is 7.64. The average Bonchev–Trinajstić information content (AvgIpc) is 2.48. The molecule has 0 aliphatic carbocycles. The molecule has 1 aromatic heterocycles. The van der Waals surface area contributed by atoms with Crippen LogP contribution in [-0.2, 0) is 24.2 Å². The predicted molar refractivity (Wildman–Crippen MR) is 78.1 cm³/mol. The molecule has 1 N–H and O–H groups in total. The molecule has 2 aliphatic rings. The van der Waals surface area contributed by atoms with E-state index in [9.17, 15) is 0 Å². The van der Waals surface area contributed by atoms with E-state index >= 15 is 0 Å². The number of quaternary nitrogens is 1. The van der Waals surface area contributed by atoms with E-state index in [-0.39, 0.29) is 0 Å². The van der Waals surface area contributed by atoms with E-state index < -0.39 is 0 Å². The third-order valence-electron chi connectivity index (χ3n) is 4.54. The highest BCUT2D eigenvalue weighted by molar-refractivity contribution is 5.23. The van der Waals surface area contributed by atoms with Crippen LogP contribution in [0.15, 0.2) is 12.1 Å². The predicted octanol–water partition coefficient (Wildman–Crippen LogP) is 0.425. The molecule has 0 amide bonds. The van der Waals surface area contributed by atoms with E-state index in [1.54, 1.807) is 0 Å². The fraction of sp³-hybridized carbons (Fsp3) is 0.625. The van der Waals surface area contributed by atoms with Gasteiger partial charge in [0.25, 0.3) is 0 Å². The van der Waals surface area contributed by atoms with Crippen LogP contribution < -0.4 is 4.90 Å². The second-order valence-corrected chi connectivity index (χ2v) is 6.05. The largest absolute Gasteiger partial charge is 0.464 e. The first-order valence-corrected chi connectivity index (χ1v) is 7.64. The van der Waals surface area contributed by atoms with E-state index in [1.165, 1.54) is 21.9 Å². The molecular formula is C16H25N3O. The summed E-state index contributed by atoms with van der Waals surface area (Å²) in [6.07, 6.45) is 3.80. The summed E-state index contributed by atoms with van der Waals surface area (Å²) in [6.45, 7) is 5.33. The number of nitrogens with one attached hydrogen (secondary N) is 1. The highest BCUT2D eigenvalue weighted by Gasteiger charge is 2.20. The summed E-state index contributed by atoms with van der Waals surface area (Å²) in [7, 11) is 5.92. The van der Waals surface area contributed by atoms with Crippen molar-refractivity contribution in [1.29, 1.82) is 0 Å². The van der Waals surface area contributed by atoms with Gasteiger partial charge in [0.2, 0.25) is 0 Å². The van der Waals surface area contributed by atoms with Gasteiger partial charge in [-0.05, 0) is 25.0 Å². The van der Waals surface area contributed by atoms with Crippen LogP contribution >= 0.6 is 0 Å². The molecule has 4 nitrogen and oxygen atoms in total. The van der Waals surface area contributed by atoms with Crippen LogP contribution in [0.4, 0.5) is 0 Å². The first-order chi connectivity index (χ1) is 9.74. The Labute approximate surface area is 121 Å². The fourth-order valence-corrected chi connectivity index (χ4v) is 3.23. The second kappa shape index (κ2) is 6.20. The Balaban J connectivity index is 1.61. The van der Waals surface area contributed by atoms with E-state index in [2.05, 4.69) is 24.1 Å².